The second-order valence-corrected chi connectivity index (χ2v) is 4.18. The zero-order chi connectivity index (χ0) is 12.8. The van der Waals surface area contributed by atoms with Gasteiger partial charge >= 0.3 is 0 Å². The Morgan fingerprint density at radius 1 is 1.39 bits per heavy atom. The van der Waals surface area contributed by atoms with Crippen LogP contribution in [0.5, 0.6) is 5.75 Å². The smallest absolute Gasteiger partial charge is 0.261 e. The van der Waals surface area contributed by atoms with Crippen molar-refractivity contribution in [1.82, 2.24) is 5.32 Å². The van der Waals surface area contributed by atoms with E-state index in [9.17, 15) is 8.78 Å². The first-order valence-electron chi connectivity index (χ1n) is 6.07. The Balaban J connectivity index is 1.65. The highest BCUT2D eigenvalue weighted by molar-refractivity contribution is 5.39. The van der Waals surface area contributed by atoms with Crippen LogP contribution in [0.2, 0.25) is 0 Å². The van der Waals surface area contributed by atoms with Gasteiger partial charge in [0.1, 0.15) is 12.4 Å². The number of hydrogen-bond acceptors (Lipinski definition) is 3. The molecule has 0 aromatic heterocycles. The van der Waals surface area contributed by atoms with Gasteiger partial charge in [0.2, 0.25) is 0 Å². The minimum atomic E-state index is -2.39. The fraction of sp³-hybridized carbons (Fsp3) is 0.538. The Kier molecular flexibility index (Phi) is 4.90. The summed E-state index contributed by atoms with van der Waals surface area (Å²) < 4.78 is 33.8. The number of halogens is 2. The maximum Gasteiger partial charge on any atom is 0.261 e. The Hall–Kier alpha value is -1.20. The van der Waals surface area contributed by atoms with Crippen LogP contribution < -0.4 is 10.1 Å². The molecule has 100 valence electrons. The number of rotatable bonds is 7. The summed E-state index contributed by atoms with van der Waals surface area (Å²) in [7, 11) is 0. The predicted molar refractivity (Wildman–Crippen MR) is 64.2 cm³/mol. The SMILES string of the molecule is FC(F)COCCNCc1ccc2c(c1)CCO2. The lowest BCUT2D eigenvalue weighted by molar-refractivity contribution is 0.0187. The number of benzene rings is 1. The summed E-state index contributed by atoms with van der Waals surface area (Å²) in [5.74, 6) is 0.971. The van der Waals surface area contributed by atoms with Crippen LogP contribution in [-0.4, -0.2) is 32.8 Å². The fourth-order valence-corrected chi connectivity index (χ4v) is 1.90. The molecule has 0 atom stereocenters. The monoisotopic (exact) mass is 257 g/mol. The van der Waals surface area contributed by atoms with E-state index in [0.717, 1.165) is 18.8 Å². The fourth-order valence-electron chi connectivity index (χ4n) is 1.90. The minimum Gasteiger partial charge on any atom is -0.493 e. The molecule has 0 unspecified atom stereocenters. The van der Waals surface area contributed by atoms with Gasteiger partial charge in [0, 0.05) is 19.5 Å². The molecule has 0 amide bonds. The normalized spacial score (nSPS) is 13.7. The molecule has 0 aliphatic carbocycles. The third-order valence-corrected chi connectivity index (χ3v) is 2.75. The standard InChI is InChI=1S/C13H17F2NO2/c14-13(15)9-17-6-4-16-8-10-1-2-12-11(7-10)3-5-18-12/h1-2,7,13,16H,3-6,8-9H2. The molecule has 3 nitrogen and oxygen atoms in total. The molecular formula is C13H17F2NO2. The highest BCUT2D eigenvalue weighted by Crippen LogP contribution is 2.25. The van der Waals surface area contributed by atoms with Crippen LogP contribution in [0.4, 0.5) is 8.78 Å². The Morgan fingerprint density at radius 2 is 2.28 bits per heavy atom. The van der Waals surface area contributed by atoms with Crippen LogP contribution in [-0.2, 0) is 17.7 Å². The third kappa shape index (κ3) is 3.92. The molecule has 1 aromatic rings. The van der Waals surface area contributed by atoms with E-state index in [4.69, 9.17) is 9.47 Å². The van der Waals surface area contributed by atoms with Crippen molar-refractivity contribution in [3.05, 3.63) is 29.3 Å². The van der Waals surface area contributed by atoms with Gasteiger partial charge in [-0.05, 0) is 17.2 Å². The molecule has 2 rings (SSSR count). The lowest BCUT2D eigenvalue weighted by Gasteiger charge is -2.07. The average molecular weight is 257 g/mol. The van der Waals surface area contributed by atoms with Crippen molar-refractivity contribution in [2.45, 2.75) is 19.4 Å². The summed E-state index contributed by atoms with van der Waals surface area (Å²) in [6, 6.07) is 6.11. The summed E-state index contributed by atoms with van der Waals surface area (Å²) in [5, 5.41) is 3.16. The van der Waals surface area contributed by atoms with Gasteiger partial charge in [0.25, 0.3) is 6.43 Å². The van der Waals surface area contributed by atoms with Crippen LogP contribution in [0, 0.1) is 0 Å². The van der Waals surface area contributed by atoms with E-state index in [1.807, 2.05) is 12.1 Å². The van der Waals surface area contributed by atoms with Gasteiger partial charge in [-0.25, -0.2) is 8.78 Å². The lowest BCUT2D eigenvalue weighted by atomic mass is 10.1. The second-order valence-electron chi connectivity index (χ2n) is 4.18. The molecule has 1 N–H and O–H groups in total. The minimum absolute atomic E-state index is 0.304. The van der Waals surface area contributed by atoms with Gasteiger partial charge in [-0.2, -0.15) is 0 Å². The molecule has 18 heavy (non-hydrogen) atoms. The topological polar surface area (TPSA) is 30.5 Å². The van der Waals surface area contributed by atoms with E-state index < -0.39 is 13.0 Å². The van der Waals surface area contributed by atoms with Crippen LogP contribution in [0.25, 0.3) is 0 Å². The molecule has 5 heteroatoms. The van der Waals surface area contributed by atoms with E-state index in [1.54, 1.807) is 0 Å². The van der Waals surface area contributed by atoms with Gasteiger partial charge in [-0.3, -0.25) is 0 Å². The summed E-state index contributed by atoms with van der Waals surface area (Å²) in [5.41, 5.74) is 2.41. The molecule has 0 radical (unpaired) electrons. The summed E-state index contributed by atoms with van der Waals surface area (Å²) in [4.78, 5) is 0. The Morgan fingerprint density at radius 3 is 3.11 bits per heavy atom. The highest BCUT2D eigenvalue weighted by Gasteiger charge is 2.11. The predicted octanol–water partition coefficient (Wildman–Crippen LogP) is 1.99. The van der Waals surface area contributed by atoms with E-state index >= 15 is 0 Å². The maximum atomic E-state index is 11.8. The van der Waals surface area contributed by atoms with Crippen molar-refractivity contribution < 1.29 is 18.3 Å². The molecule has 0 spiro atoms. The summed E-state index contributed by atoms with van der Waals surface area (Å²) in [6.45, 7) is 1.86. The van der Waals surface area contributed by atoms with Gasteiger partial charge < -0.3 is 14.8 Å². The number of alkyl halides is 2. The highest BCUT2D eigenvalue weighted by atomic mass is 19.3. The molecule has 1 aliphatic rings. The summed E-state index contributed by atoms with van der Waals surface area (Å²) >= 11 is 0. The van der Waals surface area contributed by atoms with Gasteiger partial charge in [0.15, 0.2) is 0 Å². The van der Waals surface area contributed by atoms with Crippen molar-refractivity contribution in [2.24, 2.45) is 0 Å². The lowest BCUT2D eigenvalue weighted by Crippen LogP contribution is -2.20. The van der Waals surface area contributed by atoms with Crippen molar-refractivity contribution in [1.29, 1.82) is 0 Å². The number of fused-ring (bicyclic) bond motifs is 1. The van der Waals surface area contributed by atoms with Gasteiger partial charge in [0.05, 0.1) is 13.2 Å². The second kappa shape index (κ2) is 6.66. The summed E-state index contributed by atoms with van der Waals surface area (Å²) in [6.07, 6.45) is -1.43. The molecule has 1 aromatic carbocycles. The first-order chi connectivity index (χ1) is 8.75. The van der Waals surface area contributed by atoms with Crippen LogP contribution >= 0.6 is 0 Å². The van der Waals surface area contributed by atoms with Crippen LogP contribution in [0.3, 0.4) is 0 Å². The quantitative estimate of drug-likeness (QED) is 0.758. The first-order valence-corrected chi connectivity index (χ1v) is 6.07. The van der Waals surface area contributed by atoms with Crippen molar-refractivity contribution in [3.63, 3.8) is 0 Å². The number of nitrogens with one attached hydrogen (secondary N) is 1. The van der Waals surface area contributed by atoms with Crippen molar-refractivity contribution >= 4 is 0 Å². The molecule has 0 saturated carbocycles. The molecule has 0 fully saturated rings. The van der Waals surface area contributed by atoms with E-state index in [0.29, 0.717) is 19.7 Å². The molecule has 1 heterocycles. The molecule has 0 bridgehead atoms. The van der Waals surface area contributed by atoms with Crippen molar-refractivity contribution in [2.75, 3.05) is 26.4 Å². The average Bonchev–Trinajstić information content (AvgIpc) is 2.80. The molecular weight excluding hydrogens is 240 g/mol. The largest absolute Gasteiger partial charge is 0.493 e. The van der Waals surface area contributed by atoms with E-state index in [-0.39, 0.29) is 0 Å². The number of ether oxygens (including phenoxy) is 2. The Bertz CT molecular complexity index is 385. The zero-order valence-corrected chi connectivity index (χ0v) is 10.1. The van der Waals surface area contributed by atoms with Gasteiger partial charge in [-0.1, -0.05) is 12.1 Å². The molecule has 1 aliphatic heterocycles. The first kappa shape index (κ1) is 13.2. The van der Waals surface area contributed by atoms with Crippen LogP contribution in [0.1, 0.15) is 11.1 Å². The van der Waals surface area contributed by atoms with Gasteiger partial charge in [-0.15, -0.1) is 0 Å². The molecule has 0 saturated heterocycles. The van der Waals surface area contributed by atoms with E-state index in [2.05, 4.69) is 11.4 Å². The number of hydrogen-bond donors (Lipinski definition) is 1. The third-order valence-electron chi connectivity index (χ3n) is 2.75. The Labute approximate surface area is 105 Å². The van der Waals surface area contributed by atoms with E-state index in [1.165, 1.54) is 11.1 Å². The van der Waals surface area contributed by atoms with Crippen molar-refractivity contribution in [3.8, 4) is 5.75 Å². The maximum absolute atomic E-state index is 11.8. The van der Waals surface area contributed by atoms with Crippen LogP contribution in [0.15, 0.2) is 18.2 Å². The zero-order valence-electron chi connectivity index (χ0n) is 10.1.